The van der Waals surface area contributed by atoms with Crippen molar-refractivity contribution in [1.29, 1.82) is 0 Å². The van der Waals surface area contributed by atoms with Crippen molar-refractivity contribution < 1.29 is 13.6 Å². The van der Waals surface area contributed by atoms with Crippen molar-refractivity contribution in [2.45, 2.75) is 48.4 Å². The molecule has 22 heavy (non-hydrogen) atoms. The van der Waals surface area contributed by atoms with Crippen LogP contribution in [-0.4, -0.2) is 29.2 Å². The molecule has 1 aromatic rings. The molecule has 0 spiro atoms. The predicted octanol–water partition coefficient (Wildman–Crippen LogP) is 3.65. The Kier molecular flexibility index (Phi) is 7.09. The molecule has 1 fully saturated rings. The van der Waals surface area contributed by atoms with Crippen molar-refractivity contribution in [1.82, 2.24) is 4.90 Å². The van der Waals surface area contributed by atoms with E-state index in [2.05, 4.69) is 0 Å². The molecule has 0 bridgehead atoms. The molecule has 1 aliphatic rings. The smallest absolute Gasteiger partial charge is 0.288 e. The number of halogens is 3. The van der Waals surface area contributed by atoms with Gasteiger partial charge in [-0.3, -0.25) is 4.79 Å². The van der Waals surface area contributed by atoms with Gasteiger partial charge in [0.05, 0.1) is 0 Å². The summed E-state index contributed by atoms with van der Waals surface area (Å²) in [4.78, 5) is 14.3. The molecule has 124 valence electrons. The second kappa shape index (κ2) is 8.13. The summed E-state index contributed by atoms with van der Waals surface area (Å²) in [5.41, 5.74) is 6.68. The molecule has 0 aliphatic heterocycles. The number of rotatable bonds is 6. The molecule has 2 rings (SSSR count). The largest absolute Gasteiger partial charge is 0.341 e. The van der Waals surface area contributed by atoms with Crippen LogP contribution >= 0.6 is 24.2 Å². The number of carbonyl (C=O) groups excluding carboxylic acids is 1. The summed E-state index contributed by atoms with van der Waals surface area (Å²) in [6.45, 7) is 0.467. The molecule has 3 nitrogen and oxygen atoms in total. The normalized spacial score (nSPS) is 15.9. The van der Waals surface area contributed by atoms with Crippen LogP contribution in [0.3, 0.4) is 0 Å². The Hall–Kier alpha value is -0.850. The van der Waals surface area contributed by atoms with Crippen LogP contribution in [0.15, 0.2) is 29.2 Å². The number of amides is 1. The van der Waals surface area contributed by atoms with Crippen LogP contribution in [0.4, 0.5) is 8.78 Å². The van der Waals surface area contributed by atoms with Crippen LogP contribution in [0.2, 0.25) is 0 Å². The van der Waals surface area contributed by atoms with Crippen molar-refractivity contribution in [2.75, 3.05) is 7.05 Å². The van der Waals surface area contributed by atoms with E-state index in [1.807, 2.05) is 0 Å². The Balaban J connectivity index is 0.00000242. The molecule has 0 saturated heterocycles. The summed E-state index contributed by atoms with van der Waals surface area (Å²) in [5, 5.41) is 0. The second-order valence-electron chi connectivity index (χ2n) is 5.66. The quantitative estimate of drug-likeness (QED) is 0.796. The van der Waals surface area contributed by atoms with E-state index in [9.17, 15) is 13.6 Å². The van der Waals surface area contributed by atoms with E-state index in [1.165, 1.54) is 0 Å². The van der Waals surface area contributed by atoms with Gasteiger partial charge in [0.2, 0.25) is 5.91 Å². The lowest BCUT2D eigenvalue weighted by atomic mass is 9.75. The molecule has 0 atom stereocenters. The molecule has 0 aromatic heterocycles. The molecular formula is C15H21ClF2N2OS. The molecule has 0 unspecified atom stereocenters. The average molecular weight is 351 g/mol. The first-order valence-electron chi connectivity index (χ1n) is 6.95. The summed E-state index contributed by atoms with van der Waals surface area (Å²) < 4.78 is 24.5. The summed E-state index contributed by atoms with van der Waals surface area (Å²) in [7, 11) is 1.74. The Labute approximate surface area is 140 Å². The van der Waals surface area contributed by atoms with Gasteiger partial charge in [-0.2, -0.15) is 8.78 Å². The maximum Gasteiger partial charge on any atom is 0.288 e. The topological polar surface area (TPSA) is 46.3 Å². The van der Waals surface area contributed by atoms with Gasteiger partial charge >= 0.3 is 0 Å². The first kappa shape index (κ1) is 19.2. The van der Waals surface area contributed by atoms with Gasteiger partial charge in [-0.25, -0.2) is 0 Å². The van der Waals surface area contributed by atoms with Crippen molar-refractivity contribution in [3.05, 3.63) is 29.8 Å². The van der Waals surface area contributed by atoms with Crippen molar-refractivity contribution >= 4 is 30.1 Å². The number of hydrogen-bond acceptors (Lipinski definition) is 3. The Morgan fingerprint density at radius 3 is 2.41 bits per heavy atom. The highest BCUT2D eigenvalue weighted by Crippen LogP contribution is 2.32. The number of nitrogens with zero attached hydrogens (tertiary/aromatic N) is 1. The number of hydrogen-bond donors (Lipinski definition) is 1. The van der Waals surface area contributed by atoms with Crippen molar-refractivity contribution in [3.63, 3.8) is 0 Å². The molecule has 1 aromatic carbocycles. The highest BCUT2D eigenvalue weighted by Gasteiger charge is 2.35. The third kappa shape index (κ3) is 5.41. The lowest BCUT2D eigenvalue weighted by Gasteiger charge is -2.38. The van der Waals surface area contributed by atoms with Gasteiger partial charge < -0.3 is 10.6 Å². The monoisotopic (exact) mass is 350 g/mol. The van der Waals surface area contributed by atoms with Crippen LogP contribution in [0, 0.1) is 0 Å². The summed E-state index contributed by atoms with van der Waals surface area (Å²) in [6, 6.07) is 6.85. The minimum absolute atomic E-state index is 0. The van der Waals surface area contributed by atoms with Gasteiger partial charge in [0, 0.05) is 30.4 Å². The van der Waals surface area contributed by atoms with Crippen LogP contribution < -0.4 is 5.73 Å². The van der Waals surface area contributed by atoms with Crippen LogP contribution in [0.5, 0.6) is 0 Å². The number of thioether (sulfide) groups is 1. The van der Waals surface area contributed by atoms with Crippen LogP contribution in [-0.2, 0) is 11.3 Å². The average Bonchev–Trinajstić information content (AvgIpc) is 2.38. The fourth-order valence-electron chi connectivity index (χ4n) is 2.38. The molecule has 0 heterocycles. The van der Waals surface area contributed by atoms with Gasteiger partial charge in [-0.05, 0) is 37.0 Å². The fourth-order valence-corrected chi connectivity index (χ4v) is 2.88. The second-order valence-corrected chi connectivity index (χ2v) is 6.73. The fraction of sp³-hybridized carbons (Fsp3) is 0.533. The third-order valence-corrected chi connectivity index (χ3v) is 4.57. The molecule has 1 saturated carbocycles. The zero-order chi connectivity index (χ0) is 15.5. The SMILES string of the molecule is CN(Cc1ccc(SC(F)F)cc1)C(=O)CC1(N)CCC1.Cl. The maximum absolute atomic E-state index is 12.2. The first-order chi connectivity index (χ1) is 9.88. The summed E-state index contributed by atoms with van der Waals surface area (Å²) in [5.74, 6) is -2.38. The van der Waals surface area contributed by atoms with Gasteiger partial charge in [-0.1, -0.05) is 23.9 Å². The zero-order valence-electron chi connectivity index (χ0n) is 12.4. The van der Waals surface area contributed by atoms with Crippen LogP contribution in [0.1, 0.15) is 31.2 Å². The van der Waals surface area contributed by atoms with Crippen molar-refractivity contribution in [2.24, 2.45) is 5.73 Å². The van der Waals surface area contributed by atoms with E-state index < -0.39 is 5.76 Å². The number of benzene rings is 1. The molecular weight excluding hydrogens is 330 g/mol. The molecule has 7 heteroatoms. The van der Waals surface area contributed by atoms with Crippen molar-refractivity contribution in [3.8, 4) is 0 Å². The lowest BCUT2D eigenvalue weighted by Crippen LogP contribution is -2.50. The first-order valence-corrected chi connectivity index (χ1v) is 7.82. The van der Waals surface area contributed by atoms with E-state index in [1.54, 1.807) is 36.2 Å². The van der Waals surface area contributed by atoms with E-state index in [0.29, 0.717) is 29.6 Å². The minimum atomic E-state index is -2.41. The van der Waals surface area contributed by atoms with Gasteiger partial charge in [0.25, 0.3) is 5.76 Å². The lowest BCUT2D eigenvalue weighted by molar-refractivity contribution is -0.132. The summed E-state index contributed by atoms with van der Waals surface area (Å²) in [6.07, 6.45) is 3.29. The van der Waals surface area contributed by atoms with E-state index in [4.69, 9.17) is 5.73 Å². The van der Waals surface area contributed by atoms with Gasteiger partial charge in [0.15, 0.2) is 0 Å². The van der Waals surface area contributed by atoms with E-state index in [0.717, 1.165) is 24.8 Å². The van der Waals surface area contributed by atoms with E-state index in [-0.39, 0.29) is 23.9 Å². The highest BCUT2D eigenvalue weighted by molar-refractivity contribution is 7.99. The Morgan fingerprint density at radius 1 is 1.36 bits per heavy atom. The van der Waals surface area contributed by atoms with E-state index >= 15 is 0 Å². The van der Waals surface area contributed by atoms with Gasteiger partial charge in [-0.15, -0.1) is 12.4 Å². The maximum atomic E-state index is 12.2. The summed E-state index contributed by atoms with van der Waals surface area (Å²) >= 11 is 0.520. The number of nitrogens with two attached hydrogens (primary N) is 1. The standard InChI is InChI=1S/C15H20F2N2OS.ClH/c1-19(13(20)9-15(18)7-2-8-15)10-11-3-5-12(6-4-11)21-14(16)17;/h3-6,14H,2,7-10,18H2,1H3;1H. The molecule has 2 N–H and O–H groups in total. The Bertz CT molecular complexity index is 495. The third-order valence-electron chi connectivity index (χ3n) is 3.85. The molecule has 0 radical (unpaired) electrons. The highest BCUT2D eigenvalue weighted by atomic mass is 35.5. The number of alkyl halides is 2. The predicted molar refractivity (Wildman–Crippen MR) is 87.4 cm³/mol. The van der Waals surface area contributed by atoms with Crippen LogP contribution in [0.25, 0.3) is 0 Å². The Morgan fingerprint density at radius 2 is 1.95 bits per heavy atom. The number of carbonyl (C=O) groups is 1. The van der Waals surface area contributed by atoms with Gasteiger partial charge in [0.1, 0.15) is 0 Å². The minimum Gasteiger partial charge on any atom is -0.341 e. The molecule has 1 amide bonds. The molecule has 1 aliphatic carbocycles. The zero-order valence-corrected chi connectivity index (χ0v) is 14.1.